The highest BCUT2D eigenvalue weighted by molar-refractivity contribution is 5.91. The summed E-state index contributed by atoms with van der Waals surface area (Å²) < 4.78 is 29.3. The second-order valence-corrected chi connectivity index (χ2v) is 6.40. The SMILES string of the molecule is Cc1cccc(C(=O)Oc2ccc3c(=O)c(Oc4ccc(F)cc4)coc3c2)c1. The Morgan fingerprint density at radius 3 is 2.48 bits per heavy atom. The normalized spacial score (nSPS) is 10.7. The van der Waals surface area contributed by atoms with E-state index < -0.39 is 17.2 Å². The molecule has 0 saturated heterocycles. The molecule has 4 rings (SSSR count). The Balaban J connectivity index is 1.59. The summed E-state index contributed by atoms with van der Waals surface area (Å²) in [7, 11) is 0. The summed E-state index contributed by atoms with van der Waals surface area (Å²) in [5, 5.41) is 0.264. The van der Waals surface area contributed by atoms with Gasteiger partial charge >= 0.3 is 5.97 Å². The Morgan fingerprint density at radius 1 is 0.966 bits per heavy atom. The largest absolute Gasteiger partial charge is 0.460 e. The zero-order valence-corrected chi connectivity index (χ0v) is 15.3. The highest BCUT2D eigenvalue weighted by atomic mass is 19.1. The van der Waals surface area contributed by atoms with E-state index in [-0.39, 0.29) is 22.5 Å². The Bertz CT molecular complexity index is 1260. The maximum absolute atomic E-state index is 13.0. The number of rotatable bonds is 4. The molecule has 5 nitrogen and oxygen atoms in total. The van der Waals surface area contributed by atoms with E-state index in [0.717, 1.165) is 5.56 Å². The predicted octanol–water partition coefficient (Wildman–Crippen LogP) is 5.25. The average Bonchev–Trinajstić information content (AvgIpc) is 2.72. The highest BCUT2D eigenvalue weighted by Crippen LogP contribution is 2.24. The molecule has 29 heavy (non-hydrogen) atoms. The third-order valence-corrected chi connectivity index (χ3v) is 4.22. The van der Waals surface area contributed by atoms with Crippen molar-refractivity contribution >= 4 is 16.9 Å². The van der Waals surface area contributed by atoms with Gasteiger partial charge in [0.1, 0.15) is 29.2 Å². The maximum Gasteiger partial charge on any atom is 0.343 e. The van der Waals surface area contributed by atoms with Crippen LogP contribution in [0.25, 0.3) is 11.0 Å². The maximum atomic E-state index is 13.0. The molecule has 0 unspecified atom stereocenters. The lowest BCUT2D eigenvalue weighted by Crippen LogP contribution is -2.09. The van der Waals surface area contributed by atoms with Crippen molar-refractivity contribution in [3.8, 4) is 17.2 Å². The number of hydrogen-bond acceptors (Lipinski definition) is 5. The van der Waals surface area contributed by atoms with Crippen LogP contribution in [0.3, 0.4) is 0 Å². The number of halogens is 1. The topological polar surface area (TPSA) is 65.7 Å². The van der Waals surface area contributed by atoms with Crippen molar-refractivity contribution in [1.29, 1.82) is 0 Å². The molecule has 0 N–H and O–H groups in total. The highest BCUT2D eigenvalue weighted by Gasteiger charge is 2.13. The van der Waals surface area contributed by atoms with E-state index in [4.69, 9.17) is 13.9 Å². The first kappa shape index (κ1) is 18.4. The van der Waals surface area contributed by atoms with Gasteiger partial charge < -0.3 is 13.9 Å². The van der Waals surface area contributed by atoms with Gasteiger partial charge in [0.15, 0.2) is 0 Å². The third kappa shape index (κ3) is 4.01. The van der Waals surface area contributed by atoms with Crippen molar-refractivity contribution in [1.82, 2.24) is 0 Å². The van der Waals surface area contributed by atoms with E-state index in [0.29, 0.717) is 11.3 Å². The fourth-order valence-corrected chi connectivity index (χ4v) is 2.79. The van der Waals surface area contributed by atoms with Gasteiger partial charge in [0, 0.05) is 6.07 Å². The molecule has 0 amide bonds. The molecule has 0 aliphatic rings. The van der Waals surface area contributed by atoms with Crippen molar-refractivity contribution in [2.45, 2.75) is 6.92 Å². The Labute approximate surface area is 164 Å². The number of ether oxygens (including phenoxy) is 2. The summed E-state index contributed by atoms with van der Waals surface area (Å²) in [6, 6.07) is 16.8. The van der Waals surface area contributed by atoms with Crippen LogP contribution in [0.2, 0.25) is 0 Å². The number of aryl methyl sites for hydroxylation is 1. The summed E-state index contributed by atoms with van der Waals surface area (Å²) >= 11 is 0. The van der Waals surface area contributed by atoms with E-state index in [1.807, 2.05) is 13.0 Å². The van der Waals surface area contributed by atoms with Crippen LogP contribution in [0, 0.1) is 12.7 Å². The molecule has 144 valence electrons. The molecule has 0 atom stereocenters. The lowest BCUT2D eigenvalue weighted by Gasteiger charge is -2.07. The molecule has 0 radical (unpaired) electrons. The van der Waals surface area contributed by atoms with E-state index >= 15 is 0 Å². The van der Waals surface area contributed by atoms with E-state index in [2.05, 4.69) is 0 Å². The first-order valence-corrected chi connectivity index (χ1v) is 8.77. The molecule has 0 bridgehead atoms. The second-order valence-electron chi connectivity index (χ2n) is 6.40. The van der Waals surface area contributed by atoms with Crippen LogP contribution in [0.15, 0.2) is 82.2 Å². The molecule has 0 spiro atoms. The molecule has 0 fully saturated rings. The molecular formula is C23H15FO5. The van der Waals surface area contributed by atoms with Crippen LogP contribution in [0.5, 0.6) is 17.2 Å². The van der Waals surface area contributed by atoms with Gasteiger partial charge in [-0.3, -0.25) is 4.79 Å². The van der Waals surface area contributed by atoms with Gasteiger partial charge in [-0.15, -0.1) is 0 Å². The summed E-state index contributed by atoms with van der Waals surface area (Å²) in [5.74, 6) is -0.392. The van der Waals surface area contributed by atoms with Gasteiger partial charge in [-0.25, -0.2) is 9.18 Å². The minimum atomic E-state index is -0.508. The van der Waals surface area contributed by atoms with Crippen LogP contribution < -0.4 is 14.9 Å². The van der Waals surface area contributed by atoms with Crippen LogP contribution in [0.1, 0.15) is 15.9 Å². The Hall–Kier alpha value is -3.93. The third-order valence-electron chi connectivity index (χ3n) is 4.22. The first-order valence-electron chi connectivity index (χ1n) is 8.77. The Morgan fingerprint density at radius 2 is 1.72 bits per heavy atom. The predicted molar refractivity (Wildman–Crippen MR) is 105 cm³/mol. The number of benzene rings is 3. The molecule has 0 aliphatic heterocycles. The summed E-state index contributed by atoms with van der Waals surface area (Å²) in [5.41, 5.74) is 1.22. The van der Waals surface area contributed by atoms with Gasteiger partial charge in [-0.05, 0) is 55.5 Å². The molecule has 0 aliphatic carbocycles. The van der Waals surface area contributed by atoms with Gasteiger partial charge in [0.25, 0.3) is 0 Å². The summed E-state index contributed by atoms with van der Waals surface area (Å²) in [4.78, 5) is 24.9. The summed E-state index contributed by atoms with van der Waals surface area (Å²) in [6.45, 7) is 1.88. The standard InChI is InChI=1S/C23H15FO5/c1-14-3-2-4-15(11-14)23(26)29-18-9-10-19-20(12-18)27-13-21(22(19)25)28-17-7-5-16(24)6-8-17/h2-13H,1H3. The Kier molecular flexibility index (Phi) is 4.83. The van der Waals surface area contributed by atoms with Gasteiger partial charge in [0.2, 0.25) is 11.2 Å². The molecule has 0 saturated carbocycles. The van der Waals surface area contributed by atoms with Crippen molar-refractivity contribution in [3.05, 3.63) is 100 Å². The zero-order chi connectivity index (χ0) is 20.4. The average molecular weight is 390 g/mol. The van der Waals surface area contributed by atoms with E-state index in [9.17, 15) is 14.0 Å². The molecular weight excluding hydrogens is 375 g/mol. The second kappa shape index (κ2) is 7.59. The van der Waals surface area contributed by atoms with Crippen molar-refractivity contribution in [3.63, 3.8) is 0 Å². The minimum absolute atomic E-state index is 0.0337. The fraction of sp³-hybridized carbons (Fsp3) is 0.0435. The molecule has 1 aromatic heterocycles. The first-order chi connectivity index (χ1) is 14.0. The van der Waals surface area contributed by atoms with Crippen LogP contribution in [0.4, 0.5) is 4.39 Å². The minimum Gasteiger partial charge on any atom is -0.460 e. The number of carbonyl (C=O) groups excluding carboxylic acids is 1. The number of fused-ring (bicyclic) bond motifs is 1. The van der Waals surface area contributed by atoms with Crippen LogP contribution >= 0.6 is 0 Å². The lowest BCUT2D eigenvalue weighted by atomic mass is 10.1. The molecule has 1 heterocycles. The molecule has 6 heteroatoms. The van der Waals surface area contributed by atoms with Crippen molar-refractivity contribution in [2.75, 3.05) is 0 Å². The van der Waals surface area contributed by atoms with E-state index in [1.165, 1.54) is 48.7 Å². The zero-order valence-electron chi connectivity index (χ0n) is 15.3. The summed E-state index contributed by atoms with van der Waals surface area (Å²) in [6.07, 6.45) is 1.17. The van der Waals surface area contributed by atoms with Crippen molar-refractivity contribution in [2.24, 2.45) is 0 Å². The monoisotopic (exact) mass is 390 g/mol. The molecule has 4 aromatic rings. The van der Waals surface area contributed by atoms with Crippen molar-refractivity contribution < 1.29 is 23.1 Å². The fourth-order valence-electron chi connectivity index (χ4n) is 2.79. The van der Waals surface area contributed by atoms with Gasteiger partial charge in [-0.1, -0.05) is 17.7 Å². The quantitative estimate of drug-likeness (QED) is 0.352. The smallest absolute Gasteiger partial charge is 0.343 e. The van der Waals surface area contributed by atoms with Gasteiger partial charge in [0.05, 0.1) is 10.9 Å². The van der Waals surface area contributed by atoms with Gasteiger partial charge in [-0.2, -0.15) is 0 Å². The lowest BCUT2D eigenvalue weighted by molar-refractivity contribution is 0.0735. The van der Waals surface area contributed by atoms with E-state index in [1.54, 1.807) is 18.2 Å². The number of esters is 1. The van der Waals surface area contributed by atoms with Crippen LogP contribution in [-0.2, 0) is 0 Å². The van der Waals surface area contributed by atoms with Crippen LogP contribution in [-0.4, -0.2) is 5.97 Å². The number of hydrogen-bond donors (Lipinski definition) is 0. The number of carbonyl (C=O) groups is 1. The molecule has 3 aromatic carbocycles.